The molecule has 0 radical (unpaired) electrons. The first-order chi connectivity index (χ1) is 5.27. The molecule has 0 heterocycles. The van der Waals surface area contributed by atoms with Crippen molar-refractivity contribution in [3.8, 4) is 0 Å². The van der Waals surface area contributed by atoms with Crippen LogP contribution in [0.1, 0.15) is 19.8 Å². The van der Waals surface area contributed by atoms with E-state index < -0.39 is 0 Å². The standard InChI is InChI=1S/C6H15N3.CH5N/c1-6(8)3-2-4-9-5-7;1-2/h5-6H,2-4,8H2,1H3,(H2,7,9);2H2,1H3. The average Bonchev–Trinajstić information content (AvgIpc) is 2.02. The number of nitrogens with two attached hydrogens (primary N) is 3. The van der Waals surface area contributed by atoms with Crippen molar-refractivity contribution in [2.75, 3.05) is 13.6 Å². The van der Waals surface area contributed by atoms with Gasteiger partial charge in [0.15, 0.2) is 0 Å². The summed E-state index contributed by atoms with van der Waals surface area (Å²) in [4.78, 5) is 3.84. The third-order valence-corrected chi connectivity index (χ3v) is 1.05. The molecule has 4 heteroatoms. The van der Waals surface area contributed by atoms with Gasteiger partial charge in [0, 0.05) is 12.6 Å². The fourth-order valence-electron chi connectivity index (χ4n) is 0.579. The Bertz CT molecular complexity index is 80.5. The Morgan fingerprint density at radius 1 is 1.45 bits per heavy atom. The Morgan fingerprint density at radius 3 is 2.36 bits per heavy atom. The molecule has 0 aromatic carbocycles. The molecule has 0 aliphatic heterocycles. The zero-order chi connectivity index (χ0) is 9.11. The predicted molar refractivity (Wildman–Crippen MR) is 50.5 cm³/mol. The minimum atomic E-state index is 0.290. The highest BCUT2D eigenvalue weighted by Gasteiger charge is 1.90. The Balaban J connectivity index is 0. The van der Waals surface area contributed by atoms with Gasteiger partial charge >= 0.3 is 0 Å². The summed E-state index contributed by atoms with van der Waals surface area (Å²) in [6, 6.07) is 0.290. The maximum atomic E-state index is 5.49. The monoisotopic (exact) mass is 160 g/mol. The first kappa shape index (κ1) is 13.0. The molecular weight excluding hydrogens is 140 g/mol. The van der Waals surface area contributed by atoms with Crippen LogP contribution in [0, 0.1) is 0 Å². The van der Waals surface area contributed by atoms with E-state index >= 15 is 0 Å². The van der Waals surface area contributed by atoms with Crippen LogP contribution in [-0.4, -0.2) is 26.0 Å². The molecule has 0 aliphatic rings. The molecule has 0 saturated heterocycles. The van der Waals surface area contributed by atoms with Crippen molar-refractivity contribution in [2.45, 2.75) is 25.8 Å². The second kappa shape index (κ2) is 12.1. The van der Waals surface area contributed by atoms with E-state index in [4.69, 9.17) is 11.5 Å². The van der Waals surface area contributed by atoms with Crippen molar-refractivity contribution < 1.29 is 0 Å². The Morgan fingerprint density at radius 2 is 2.00 bits per heavy atom. The number of hydrogen-bond donors (Lipinski definition) is 3. The molecule has 0 amide bonds. The lowest BCUT2D eigenvalue weighted by Gasteiger charge is -2.00. The molecule has 4 nitrogen and oxygen atoms in total. The zero-order valence-corrected chi connectivity index (χ0v) is 7.46. The van der Waals surface area contributed by atoms with E-state index in [1.165, 1.54) is 13.4 Å². The summed E-state index contributed by atoms with van der Waals surface area (Å²) in [6.07, 6.45) is 3.39. The van der Waals surface area contributed by atoms with Gasteiger partial charge in [0.05, 0.1) is 6.34 Å². The molecule has 0 fully saturated rings. The Kier molecular flexibility index (Phi) is 14.3. The van der Waals surface area contributed by atoms with Gasteiger partial charge in [0.1, 0.15) is 0 Å². The predicted octanol–water partition coefficient (Wildman–Crippen LogP) is -0.324. The third kappa shape index (κ3) is 17.7. The molecule has 1 unspecified atom stereocenters. The van der Waals surface area contributed by atoms with Crippen LogP contribution in [0.5, 0.6) is 0 Å². The van der Waals surface area contributed by atoms with Gasteiger partial charge in [-0.25, -0.2) is 0 Å². The maximum Gasteiger partial charge on any atom is 0.0797 e. The average molecular weight is 160 g/mol. The summed E-state index contributed by atoms with van der Waals surface area (Å²) in [5.41, 5.74) is 15.0. The van der Waals surface area contributed by atoms with Crippen LogP contribution < -0.4 is 17.2 Å². The molecule has 0 spiro atoms. The topological polar surface area (TPSA) is 90.4 Å². The highest BCUT2D eigenvalue weighted by Crippen LogP contribution is 1.91. The summed E-state index contributed by atoms with van der Waals surface area (Å²) in [5, 5.41) is 0. The molecule has 11 heavy (non-hydrogen) atoms. The van der Waals surface area contributed by atoms with Crippen LogP contribution in [0.15, 0.2) is 4.99 Å². The fraction of sp³-hybridized carbons (Fsp3) is 0.857. The van der Waals surface area contributed by atoms with Crippen LogP contribution in [0.3, 0.4) is 0 Å². The summed E-state index contributed by atoms with van der Waals surface area (Å²) in [6.45, 7) is 2.80. The molecule has 0 saturated carbocycles. The number of nitrogens with zero attached hydrogens (tertiary/aromatic N) is 1. The molecule has 0 aromatic heterocycles. The number of hydrogen-bond acceptors (Lipinski definition) is 3. The summed E-state index contributed by atoms with van der Waals surface area (Å²) < 4.78 is 0. The van der Waals surface area contributed by atoms with E-state index in [1.807, 2.05) is 6.92 Å². The summed E-state index contributed by atoms with van der Waals surface area (Å²) >= 11 is 0. The molecular formula is C7H20N4. The molecule has 6 N–H and O–H groups in total. The van der Waals surface area contributed by atoms with Crippen molar-refractivity contribution in [1.29, 1.82) is 0 Å². The largest absolute Gasteiger partial charge is 0.390 e. The zero-order valence-electron chi connectivity index (χ0n) is 7.46. The molecule has 1 atom stereocenters. The van der Waals surface area contributed by atoms with Crippen molar-refractivity contribution in [3.05, 3.63) is 0 Å². The quantitative estimate of drug-likeness (QED) is 0.299. The molecule has 0 rings (SSSR count). The number of rotatable bonds is 4. The highest BCUT2D eigenvalue weighted by molar-refractivity contribution is 5.50. The first-order valence-corrected chi connectivity index (χ1v) is 3.80. The van der Waals surface area contributed by atoms with E-state index in [0.717, 1.165) is 19.4 Å². The molecule has 0 aliphatic carbocycles. The van der Waals surface area contributed by atoms with Crippen LogP contribution in [0.2, 0.25) is 0 Å². The summed E-state index contributed by atoms with van der Waals surface area (Å²) in [5.74, 6) is 0. The van der Waals surface area contributed by atoms with Gasteiger partial charge in [-0.3, -0.25) is 4.99 Å². The fourth-order valence-corrected chi connectivity index (χ4v) is 0.579. The van der Waals surface area contributed by atoms with Gasteiger partial charge in [0.2, 0.25) is 0 Å². The van der Waals surface area contributed by atoms with Crippen LogP contribution in [-0.2, 0) is 0 Å². The molecule has 68 valence electrons. The summed E-state index contributed by atoms with van der Waals surface area (Å²) in [7, 11) is 1.50. The van der Waals surface area contributed by atoms with Gasteiger partial charge < -0.3 is 17.2 Å². The first-order valence-electron chi connectivity index (χ1n) is 3.80. The molecule has 0 aromatic rings. The molecule has 0 bridgehead atoms. The smallest absolute Gasteiger partial charge is 0.0797 e. The van der Waals surface area contributed by atoms with Crippen LogP contribution in [0.4, 0.5) is 0 Å². The third-order valence-electron chi connectivity index (χ3n) is 1.05. The van der Waals surface area contributed by atoms with Gasteiger partial charge in [0.25, 0.3) is 0 Å². The van der Waals surface area contributed by atoms with Crippen LogP contribution in [0.25, 0.3) is 0 Å². The lowest BCUT2D eigenvalue weighted by atomic mass is 10.2. The van der Waals surface area contributed by atoms with Crippen LogP contribution >= 0.6 is 0 Å². The second-order valence-corrected chi connectivity index (χ2v) is 2.17. The van der Waals surface area contributed by atoms with E-state index in [1.54, 1.807) is 0 Å². The SMILES string of the molecule is CC(N)CCCN=CN.CN. The van der Waals surface area contributed by atoms with E-state index in [2.05, 4.69) is 10.7 Å². The minimum Gasteiger partial charge on any atom is -0.390 e. The van der Waals surface area contributed by atoms with E-state index in [0.29, 0.717) is 0 Å². The minimum absolute atomic E-state index is 0.290. The Labute approximate surface area is 68.8 Å². The number of aliphatic imine (C=N–C) groups is 1. The van der Waals surface area contributed by atoms with Gasteiger partial charge in [-0.05, 0) is 26.8 Å². The van der Waals surface area contributed by atoms with Gasteiger partial charge in [-0.1, -0.05) is 0 Å². The second-order valence-electron chi connectivity index (χ2n) is 2.17. The van der Waals surface area contributed by atoms with Crippen molar-refractivity contribution in [1.82, 2.24) is 0 Å². The van der Waals surface area contributed by atoms with Crippen molar-refractivity contribution in [2.24, 2.45) is 22.2 Å². The maximum absolute atomic E-state index is 5.49. The lowest BCUT2D eigenvalue weighted by molar-refractivity contribution is 0.632. The van der Waals surface area contributed by atoms with Crippen molar-refractivity contribution in [3.63, 3.8) is 0 Å². The van der Waals surface area contributed by atoms with E-state index in [-0.39, 0.29) is 6.04 Å². The lowest BCUT2D eigenvalue weighted by Crippen LogP contribution is -2.14. The van der Waals surface area contributed by atoms with Gasteiger partial charge in [-0.2, -0.15) is 0 Å². The Hall–Kier alpha value is -0.610. The van der Waals surface area contributed by atoms with Crippen molar-refractivity contribution >= 4 is 6.34 Å². The van der Waals surface area contributed by atoms with Gasteiger partial charge in [-0.15, -0.1) is 0 Å². The highest BCUT2D eigenvalue weighted by atomic mass is 14.8. The normalized spacial score (nSPS) is 12.4. The van der Waals surface area contributed by atoms with E-state index in [9.17, 15) is 0 Å².